The zero-order chi connectivity index (χ0) is 12.4. The van der Waals surface area contributed by atoms with Gasteiger partial charge >= 0.3 is 0 Å². The molecule has 94 valence electrons. The fourth-order valence-electron chi connectivity index (χ4n) is 2.03. The summed E-state index contributed by atoms with van der Waals surface area (Å²) in [5.74, 6) is -0.0502. The van der Waals surface area contributed by atoms with Crippen LogP contribution in [0.25, 0.3) is 0 Å². The summed E-state index contributed by atoms with van der Waals surface area (Å²) in [6, 6.07) is 0.429. The maximum Gasteiger partial charge on any atom is 0.285 e. The van der Waals surface area contributed by atoms with Crippen LogP contribution in [0.15, 0.2) is 0 Å². The molecule has 1 atom stereocenters. The number of rotatable bonds is 2. The molecule has 1 aliphatic rings. The van der Waals surface area contributed by atoms with E-state index in [4.69, 9.17) is 5.73 Å². The van der Waals surface area contributed by atoms with Crippen molar-refractivity contribution in [3.8, 4) is 0 Å². The lowest BCUT2D eigenvalue weighted by Gasteiger charge is -2.38. The summed E-state index contributed by atoms with van der Waals surface area (Å²) in [6.07, 6.45) is 1.04. The topological polar surface area (TPSA) is 75.3 Å². The number of hydrogen-bond donors (Lipinski definition) is 1. The van der Waals surface area contributed by atoms with Crippen LogP contribution in [0.1, 0.15) is 23.1 Å². The van der Waals surface area contributed by atoms with Crippen molar-refractivity contribution in [3.05, 3.63) is 5.01 Å². The number of aromatic nitrogens is 2. The monoisotopic (exact) mass is 255 g/mol. The highest BCUT2D eigenvalue weighted by Crippen LogP contribution is 2.17. The van der Waals surface area contributed by atoms with Crippen molar-refractivity contribution in [3.63, 3.8) is 0 Å². The zero-order valence-electron chi connectivity index (χ0n) is 10.1. The molecule has 7 heteroatoms. The SMILES string of the molecule is CCC1CN(C(=O)c2nnc(N)s2)CCN1C. The molecule has 1 aromatic heterocycles. The first kappa shape index (κ1) is 12.3. The van der Waals surface area contributed by atoms with Crippen LogP contribution in [0.5, 0.6) is 0 Å². The van der Waals surface area contributed by atoms with Gasteiger partial charge in [0.25, 0.3) is 5.91 Å². The third-order valence-corrected chi connectivity index (χ3v) is 3.90. The van der Waals surface area contributed by atoms with Gasteiger partial charge in [0.15, 0.2) is 0 Å². The van der Waals surface area contributed by atoms with Gasteiger partial charge in [0.05, 0.1) is 0 Å². The fourth-order valence-corrected chi connectivity index (χ4v) is 2.61. The Morgan fingerprint density at radius 2 is 2.29 bits per heavy atom. The summed E-state index contributed by atoms with van der Waals surface area (Å²) < 4.78 is 0. The van der Waals surface area contributed by atoms with E-state index in [0.717, 1.165) is 37.4 Å². The molecule has 0 aliphatic carbocycles. The van der Waals surface area contributed by atoms with Crippen LogP contribution in [0.3, 0.4) is 0 Å². The number of carbonyl (C=O) groups is 1. The number of carbonyl (C=O) groups excluding carboxylic acids is 1. The lowest BCUT2D eigenvalue weighted by molar-refractivity contribution is 0.0541. The van der Waals surface area contributed by atoms with Crippen LogP contribution in [0, 0.1) is 0 Å². The molecule has 0 aromatic carbocycles. The van der Waals surface area contributed by atoms with E-state index < -0.39 is 0 Å². The number of nitrogen functional groups attached to an aromatic ring is 1. The maximum atomic E-state index is 12.1. The third kappa shape index (κ3) is 2.55. The largest absolute Gasteiger partial charge is 0.374 e. The number of hydrogen-bond acceptors (Lipinski definition) is 6. The van der Waals surface area contributed by atoms with E-state index in [1.807, 2.05) is 4.90 Å². The van der Waals surface area contributed by atoms with Crippen molar-refractivity contribution in [2.24, 2.45) is 0 Å². The molecule has 1 fully saturated rings. The molecule has 0 spiro atoms. The standard InChI is InChI=1S/C10H17N5OS/c1-3-7-6-15(5-4-14(7)2)9(16)8-12-13-10(11)17-8/h7H,3-6H2,1-2H3,(H2,11,13). The van der Waals surface area contributed by atoms with Gasteiger partial charge in [-0.15, -0.1) is 10.2 Å². The van der Waals surface area contributed by atoms with Crippen LogP contribution >= 0.6 is 11.3 Å². The highest BCUT2D eigenvalue weighted by Gasteiger charge is 2.28. The molecule has 1 aromatic rings. The van der Waals surface area contributed by atoms with Gasteiger partial charge in [0.2, 0.25) is 10.1 Å². The second-order valence-electron chi connectivity index (χ2n) is 4.24. The van der Waals surface area contributed by atoms with Crippen molar-refractivity contribution < 1.29 is 4.79 Å². The molecule has 2 N–H and O–H groups in total. The van der Waals surface area contributed by atoms with Gasteiger partial charge in [0.1, 0.15) is 0 Å². The molecule has 1 amide bonds. The van der Waals surface area contributed by atoms with E-state index in [2.05, 4.69) is 29.1 Å². The Labute approximate surface area is 104 Å². The second kappa shape index (κ2) is 4.97. The molecule has 0 radical (unpaired) electrons. The van der Waals surface area contributed by atoms with Crippen LogP contribution in [0.4, 0.5) is 5.13 Å². The van der Waals surface area contributed by atoms with E-state index in [-0.39, 0.29) is 5.91 Å². The Morgan fingerprint density at radius 3 is 2.88 bits per heavy atom. The first-order chi connectivity index (χ1) is 8.11. The third-order valence-electron chi connectivity index (χ3n) is 3.16. The quantitative estimate of drug-likeness (QED) is 0.822. The van der Waals surface area contributed by atoms with Crippen molar-refractivity contribution >= 4 is 22.4 Å². The number of nitrogens with two attached hydrogens (primary N) is 1. The van der Waals surface area contributed by atoms with E-state index in [9.17, 15) is 4.79 Å². The van der Waals surface area contributed by atoms with Gasteiger partial charge in [-0.1, -0.05) is 18.3 Å². The molecular formula is C10H17N5OS. The number of anilines is 1. The summed E-state index contributed by atoms with van der Waals surface area (Å²) >= 11 is 1.15. The summed E-state index contributed by atoms with van der Waals surface area (Å²) in [5, 5.41) is 8.21. The molecular weight excluding hydrogens is 238 g/mol. The Hall–Kier alpha value is -1.21. The summed E-state index contributed by atoms with van der Waals surface area (Å²) in [7, 11) is 2.10. The predicted octanol–water partition coefficient (Wildman–Crippen LogP) is 0.286. The normalized spacial score (nSPS) is 21.8. The molecule has 1 saturated heterocycles. The van der Waals surface area contributed by atoms with Gasteiger partial charge in [-0.25, -0.2) is 0 Å². The first-order valence-corrected chi connectivity index (χ1v) is 6.52. The average Bonchev–Trinajstić information content (AvgIpc) is 2.75. The van der Waals surface area contributed by atoms with Crippen molar-refractivity contribution in [2.75, 3.05) is 32.4 Å². The van der Waals surface area contributed by atoms with E-state index >= 15 is 0 Å². The van der Waals surface area contributed by atoms with Gasteiger partial charge in [-0.05, 0) is 13.5 Å². The molecule has 17 heavy (non-hydrogen) atoms. The minimum atomic E-state index is -0.0502. The molecule has 0 saturated carbocycles. The van der Waals surface area contributed by atoms with Crippen molar-refractivity contribution in [1.29, 1.82) is 0 Å². The highest BCUT2D eigenvalue weighted by molar-refractivity contribution is 7.16. The van der Waals surface area contributed by atoms with Gasteiger partial charge < -0.3 is 10.6 Å². The highest BCUT2D eigenvalue weighted by atomic mass is 32.1. The molecule has 2 heterocycles. The van der Waals surface area contributed by atoms with Gasteiger partial charge in [-0.3, -0.25) is 9.69 Å². The van der Waals surface area contributed by atoms with Crippen LogP contribution in [-0.4, -0.2) is 58.6 Å². The summed E-state index contributed by atoms with van der Waals surface area (Å²) in [5.41, 5.74) is 5.49. The van der Waals surface area contributed by atoms with Gasteiger partial charge in [-0.2, -0.15) is 0 Å². The molecule has 0 bridgehead atoms. The number of nitrogens with zero attached hydrogens (tertiary/aromatic N) is 4. The molecule has 2 rings (SSSR count). The predicted molar refractivity (Wildman–Crippen MR) is 66.9 cm³/mol. The minimum Gasteiger partial charge on any atom is -0.374 e. The summed E-state index contributed by atoms with van der Waals surface area (Å²) in [4.78, 5) is 16.3. The lowest BCUT2D eigenvalue weighted by Crippen LogP contribution is -2.52. The lowest BCUT2D eigenvalue weighted by atomic mass is 10.1. The number of likely N-dealkylation sites (N-methyl/N-ethyl adjacent to an activating group) is 1. The fraction of sp³-hybridized carbons (Fsp3) is 0.700. The van der Waals surface area contributed by atoms with Crippen LogP contribution in [0.2, 0.25) is 0 Å². The van der Waals surface area contributed by atoms with Crippen LogP contribution in [-0.2, 0) is 0 Å². The summed E-state index contributed by atoms with van der Waals surface area (Å²) in [6.45, 7) is 4.53. The van der Waals surface area contributed by atoms with Crippen LogP contribution < -0.4 is 5.73 Å². The molecule has 6 nitrogen and oxygen atoms in total. The Kier molecular flexibility index (Phi) is 3.58. The van der Waals surface area contributed by atoms with E-state index in [0.29, 0.717) is 16.2 Å². The average molecular weight is 255 g/mol. The first-order valence-electron chi connectivity index (χ1n) is 5.70. The van der Waals surface area contributed by atoms with Gasteiger partial charge in [0, 0.05) is 25.7 Å². The minimum absolute atomic E-state index is 0.0502. The molecule has 1 unspecified atom stereocenters. The second-order valence-corrected chi connectivity index (χ2v) is 5.25. The maximum absolute atomic E-state index is 12.1. The Balaban J connectivity index is 2.05. The smallest absolute Gasteiger partial charge is 0.285 e. The molecule has 1 aliphatic heterocycles. The Bertz CT molecular complexity index is 407. The van der Waals surface area contributed by atoms with E-state index in [1.54, 1.807) is 0 Å². The number of amides is 1. The number of piperazine rings is 1. The zero-order valence-corrected chi connectivity index (χ0v) is 10.9. The van der Waals surface area contributed by atoms with Crippen molar-refractivity contribution in [1.82, 2.24) is 20.0 Å². The Morgan fingerprint density at radius 1 is 1.53 bits per heavy atom. The van der Waals surface area contributed by atoms with Crippen molar-refractivity contribution in [2.45, 2.75) is 19.4 Å². The van der Waals surface area contributed by atoms with E-state index in [1.165, 1.54) is 0 Å².